The number of amides is 1. The van der Waals surface area contributed by atoms with Gasteiger partial charge in [-0.1, -0.05) is 11.8 Å². The molecule has 1 fully saturated rings. The Morgan fingerprint density at radius 2 is 1.74 bits per heavy atom. The largest absolute Gasteiger partial charge is 0.455 e. The topological polar surface area (TPSA) is 142 Å². The van der Waals surface area contributed by atoms with Gasteiger partial charge in [0.25, 0.3) is 0 Å². The molecule has 12 heteroatoms. The van der Waals surface area contributed by atoms with E-state index >= 15 is 0 Å². The monoisotopic (exact) mass is 522 g/mol. The third-order valence-electron chi connectivity index (χ3n) is 4.74. The minimum absolute atomic E-state index is 0.00604. The lowest BCUT2D eigenvalue weighted by Crippen LogP contribution is -2.68. The first-order valence-corrected chi connectivity index (χ1v) is 12.7. The van der Waals surface area contributed by atoms with Crippen molar-refractivity contribution in [3.63, 3.8) is 0 Å². The molecule has 188 valence electrons. The molecule has 0 saturated carbocycles. The number of carbonyl (C=O) groups is 5. The molecule has 2 heterocycles. The molecule has 3 rings (SSSR count). The molecule has 2 N–H and O–H groups in total. The van der Waals surface area contributed by atoms with Crippen LogP contribution in [0.25, 0.3) is 0 Å². The number of nitrogens with zero attached hydrogens (tertiary/aromatic N) is 1. The van der Waals surface area contributed by atoms with E-state index in [4.69, 9.17) is 19.9 Å². The molecule has 0 bridgehead atoms. The van der Waals surface area contributed by atoms with Crippen molar-refractivity contribution in [1.29, 1.82) is 0 Å². The van der Waals surface area contributed by atoms with Crippen LogP contribution in [0, 0.1) is 0 Å². The van der Waals surface area contributed by atoms with E-state index in [0.29, 0.717) is 11.3 Å². The second-order valence-electron chi connectivity index (χ2n) is 8.81. The molecule has 35 heavy (non-hydrogen) atoms. The fourth-order valence-corrected chi connectivity index (χ4v) is 5.61. The minimum Gasteiger partial charge on any atom is -0.455 e. The molecule has 1 saturated heterocycles. The smallest absolute Gasteiger partial charge is 0.355 e. The lowest BCUT2D eigenvalue weighted by molar-refractivity contribution is -0.158. The molecule has 0 aromatic heterocycles. The number of fused-ring (bicyclic) bond motifs is 1. The molecule has 1 unspecified atom stereocenters. The number of ether oxygens (including phenoxy) is 3. The zero-order valence-electron chi connectivity index (χ0n) is 19.9. The summed E-state index contributed by atoms with van der Waals surface area (Å²) in [6.45, 7) is 7.56. The van der Waals surface area contributed by atoms with E-state index in [-0.39, 0.29) is 44.9 Å². The maximum absolute atomic E-state index is 12.9. The van der Waals surface area contributed by atoms with E-state index in [1.807, 2.05) is 0 Å². The van der Waals surface area contributed by atoms with Crippen molar-refractivity contribution in [2.24, 2.45) is 5.73 Å². The highest BCUT2D eigenvalue weighted by Crippen LogP contribution is 2.41. The van der Waals surface area contributed by atoms with E-state index in [9.17, 15) is 24.0 Å². The summed E-state index contributed by atoms with van der Waals surface area (Å²) in [5.41, 5.74) is 6.02. The Morgan fingerprint density at radius 3 is 2.34 bits per heavy atom. The third kappa shape index (κ3) is 6.24. The van der Waals surface area contributed by atoms with Crippen molar-refractivity contribution in [1.82, 2.24) is 4.90 Å². The van der Waals surface area contributed by atoms with E-state index in [0.717, 1.165) is 11.8 Å². The lowest BCUT2D eigenvalue weighted by atomic mass is 10.0. The number of hydrogen-bond acceptors (Lipinski definition) is 11. The Morgan fingerprint density at radius 1 is 1.11 bits per heavy atom. The highest BCUT2D eigenvalue weighted by atomic mass is 32.2. The maximum Gasteiger partial charge on any atom is 0.355 e. The Hall–Kier alpha value is -2.83. The molecule has 2 aliphatic heterocycles. The van der Waals surface area contributed by atoms with Gasteiger partial charge in [-0.15, -0.1) is 11.8 Å². The van der Waals surface area contributed by atoms with Gasteiger partial charge in [0.15, 0.2) is 11.5 Å². The highest BCUT2D eigenvalue weighted by Gasteiger charge is 2.52. The molecule has 1 aromatic rings. The van der Waals surface area contributed by atoms with Crippen molar-refractivity contribution < 1.29 is 38.2 Å². The van der Waals surface area contributed by atoms with Crippen LogP contribution in [0.2, 0.25) is 0 Å². The van der Waals surface area contributed by atoms with Crippen LogP contribution in [0.5, 0.6) is 11.5 Å². The zero-order valence-corrected chi connectivity index (χ0v) is 21.5. The third-order valence-corrected chi connectivity index (χ3v) is 7.10. The van der Waals surface area contributed by atoms with Crippen LogP contribution in [0.4, 0.5) is 0 Å². The van der Waals surface area contributed by atoms with Gasteiger partial charge in [-0.2, -0.15) is 0 Å². The Labute approximate surface area is 210 Å². The summed E-state index contributed by atoms with van der Waals surface area (Å²) in [5, 5.41) is -0.725. The quantitative estimate of drug-likeness (QED) is 0.334. The van der Waals surface area contributed by atoms with Crippen LogP contribution in [0.1, 0.15) is 45.0 Å². The first kappa shape index (κ1) is 26.8. The Bertz CT molecular complexity index is 1130. The molecule has 1 amide bonds. The van der Waals surface area contributed by atoms with E-state index in [1.54, 1.807) is 20.8 Å². The van der Waals surface area contributed by atoms with Crippen molar-refractivity contribution in [2.75, 3.05) is 11.5 Å². The molecule has 10 nitrogen and oxygen atoms in total. The summed E-state index contributed by atoms with van der Waals surface area (Å²) in [5.74, 6) is -1.80. The Kier molecular flexibility index (Phi) is 7.97. The van der Waals surface area contributed by atoms with Crippen molar-refractivity contribution >= 4 is 52.5 Å². The number of hydrogen-bond donors (Lipinski definition) is 1. The van der Waals surface area contributed by atoms with Gasteiger partial charge in [0.05, 0.1) is 0 Å². The average molecular weight is 523 g/mol. The molecule has 0 radical (unpaired) electrons. The summed E-state index contributed by atoms with van der Waals surface area (Å²) in [7, 11) is 0. The number of esters is 3. The SMILES string of the molecule is CC(=O)Oc1ccc(C(=O)SCC2=C(C(=O)OC(C)(C)C)N3C(=O)C(N)[C@H]3SC2)cc1OC(C)=O. The maximum atomic E-state index is 12.9. The molecule has 1 aromatic carbocycles. The zero-order chi connectivity index (χ0) is 26.1. The highest BCUT2D eigenvalue weighted by molar-refractivity contribution is 8.14. The molecule has 2 aliphatic rings. The number of nitrogens with two attached hydrogens (primary N) is 1. The second kappa shape index (κ2) is 10.4. The molecule has 0 aliphatic carbocycles. The van der Waals surface area contributed by atoms with Crippen molar-refractivity contribution in [2.45, 2.75) is 51.6 Å². The van der Waals surface area contributed by atoms with Gasteiger partial charge in [0, 0.05) is 30.9 Å². The number of carbonyl (C=O) groups excluding carboxylic acids is 5. The number of benzene rings is 1. The van der Waals surface area contributed by atoms with Gasteiger partial charge in [-0.25, -0.2) is 4.79 Å². The van der Waals surface area contributed by atoms with Gasteiger partial charge in [0.1, 0.15) is 22.7 Å². The summed E-state index contributed by atoms with van der Waals surface area (Å²) in [6.07, 6.45) is 0. The molecule has 2 atom stereocenters. The van der Waals surface area contributed by atoms with Crippen LogP contribution < -0.4 is 15.2 Å². The van der Waals surface area contributed by atoms with Crippen LogP contribution >= 0.6 is 23.5 Å². The average Bonchev–Trinajstić information content (AvgIpc) is 2.75. The number of thioether (sulfide) groups is 2. The van der Waals surface area contributed by atoms with Crippen molar-refractivity contribution in [3.05, 3.63) is 35.0 Å². The fourth-order valence-electron chi connectivity index (χ4n) is 3.35. The summed E-state index contributed by atoms with van der Waals surface area (Å²) < 4.78 is 15.6. The first-order chi connectivity index (χ1) is 16.3. The van der Waals surface area contributed by atoms with Crippen LogP contribution in [-0.4, -0.2) is 62.4 Å². The van der Waals surface area contributed by atoms with E-state index in [2.05, 4.69) is 0 Å². The van der Waals surface area contributed by atoms with E-state index < -0.39 is 29.6 Å². The van der Waals surface area contributed by atoms with Gasteiger partial charge < -0.3 is 19.9 Å². The minimum atomic E-state index is -0.773. The summed E-state index contributed by atoms with van der Waals surface area (Å²) in [6, 6.07) is 3.42. The predicted octanol–water partition coefficient (Wildman–Crippen LogP) is 2.25. The van der Waals surface area contributed by atoms with Crippen LogP contribution in [0.15, 0.2) is 29.5 Å². The van der Waals surface area contributed by atoms with Gasteiger partial charge in [-0.3, -0.25) is 24.1 Å². The predicted molar refractivity (Wildman–Crippen MR) is 130 cm³/mol. The summed E-state index contributed by atoms with van der Waals surface area (Å²) >= 11 is 2.34. The number of β-lactam (4-membered cyclic amide) rings is 1. The normalized spacial score (nSPS) is 19.5. The van der Waals surface area contributed by atoms with Crippen LogP contribution in [0.3, 0.4) is 0 Å². The lowest BCUT2D eigenvalue weighted by Gasteiger charge is -2.48. The fraction of sp³-hybridized carbons (Fsp3) is 0.435. The van der Waals surface area contributed by atoms with Crippen LogP contribution in [-0.2, 0) is 23.9 Å². The Balaban J connectivity index is 1.83. The van der Waals surface area contributed by atoms with Gasteiger partial charge >= 0.3 is 17.9 Å². The van der Waals surface area contributed by atoms with Gasteiger partial charge in [-0.05, 0) is 44.5 Å². The number of rotatable bonds is 6. The molecular weight excluding hydrogens is 496 g/mol. The van der Waals surface area contributed by atoms with Gasteiger partial charge in [0.2, 0.25) is 11.0 Å². The molecular formula is C23H26N2O8S2. The van der Waals surface area contributed by atoms with Crippen molar-refractivity contribution in [3.8, 4) is 11.5 Å². The standard InChI is InChI=1S/C23H26N2O8S2/c1-11(26)31-15-7-6-13(8-16(15)32-12(2)27)22(30)35-10-14-9-34-20-17(24)19(28)25(20)18(14)21(29)33-23(3,4)5/h6-8,17,20H,9-10,24H2,1-5H3/t17?,20-/m1/s1. The first-order valence-electron chi connectivity index (χ1n) is 10.6. The van der Waals surface area contributed by atoms with E-state index in [1.165, 1.54) is 48.7 Å². The second-order valence-corrected chi connectivity index (χ2v) is 10.9. The molecule has 0 spiro atoms. The summed E-state index contributed by atoms with van der Waals surface area (Å²) in [4.78, 5) is 62.3.